The lowest BCUT2D eigenvalue weighted by molar-refractivity contribution is 0.412. The maximum atomic E-state index is 13.3. The van der Waals surface area contributed by atoms with Crippen molar-refractivity contribution in [3.8, 4) is 0 Å². The predicted molar refractivity (Wildman–Crippen MR) is 79.7 cm³/mol. The summed E-state index contributed by atoms with van der Waals surface area (Å²) in [5, 5.41) is 7.30. The van der Waals surface area contributed by atoms with Gasteiger partial charge in [-0.05, 0) is 37.2 Å². The first-order valence-corrected chi connectivity index (χ1v) is 7.11. The third-order valence-electron chi connectivity index (χ3n) is 3.30. The van der Waals surface area contributed by atoms with Crippen molar-refractivity contribution in [2.24, 2.45) is 5.10 Å². The lowest BCUT2D eigenvalue weighted by atomic mass is 9.96. The summed E-state index contributed by atoms with van der Waals surface area (Å²) >= 11 is 5.09. The fourth-order valence-corrected chi connectivity index (χ4v) is 2.47. The Morgan fingerprint density at radius 3 is 2.50 bits per heavy atom. The van der Waals surface area contributed by atoms with Crippen molar-refractivity contribution in [1.29, 1.82) is 0 Å². The lowest BCUT2D eigenvalue weighted by Gasteiger charge is -2.23. The van der Waals surface area contributed by atoms with Gasteiger partial charge in [0.2, 0.25) is 0 Å². The van der Waals surface area contributed by atoms with Crippen LogP contribution in [0.5, 0.6) is 0 Å². The van der Waals surface area contributed by atoms with Crippen LogP contribution in [0.4, 0.5) is 8.78 Å². The molecule has 2 N–H and O–H groups in total. The average molecular weight is 297 g/mol. The Balaban J connectivity index is 1.84. The van der Waals surface area contributed by atoms with E-state index >= 15 is 0 Å². The molecule has 0 radical (unpaired) electrons. The maximum absolute atomic E-state index is 13.3. The number of hydrazone groups is 1. The summed E-state index contributed by atoms with van der Waals surface area (Å²) in [6.45, 7) is 0. The number of nitrogens with one attached hydrogen (secondary N) is 2. The minimum absolute atomic E-state index is 0.180. The van der Waals surface area contributed by atoms with Gasteiger partial charge in [-0.3, -0.25) is 5.43 Å². The number of nitrogens with zero attached hydrogens (tertiary/aromatic N) is 1. The SMILES string of the molecule is Fc1cccc(F)c1/C=N\NC(=S)NC1CCCCC1. The van der Waals surface area contributed by atoms with Gasteiger partial charge in [-0.1, -0.05) is 25.3 Å². The minimum Gasteiger partial charge on any atom is -0.359 e. The Bertz CT molecular complexity index is 479. The Hall–Kier alpha value is -1.56. The summed E-state index contributed by atoms with van der Waals surface area (Å²) in [4.78, 5) is 0. The third-order valence-corrected chi connectivity index (χ3v) is 3.51. The second-order valence-corrected chi connectivity index (χ2v) is 5.22. The van der Waals surface area contributed by atoms with Gasteiger partial charge < -0.3 is 5.32 Å². The minimum atomic E-state index is -0.651. The van der Waals surface area contributed by atoms with Crippen molar-refractivity contribution in [3.05, 3.63) is 35.4 Å². The Labute approximate surface area is 122 Å². The molecule has 0 amide bonds. The summed E-state index contributed by atoms with van der Waals surface area (Å²) in [6, 6.07) is 4.04. The number of hydrogen-bond acceptors (Lipinski definition) is 2. The molecule has 6 heteroatoms. The van der Waals surface area contributed by atoms with Gasteiger partial charge in [-0.15, -0.1) is 0 Å². The molecule has 0 saturated heterocycles. The quantitative estimate of drug-likeness (QED) is 0.511. The average Bonchev–Trinajstić information content (AvgIpc) is 2.43. The van der Waals surface area contributed by atoms with E-state index in [2.05, 4.69) is 15.8 Å². The summed E-state index contributed by atoms with van der Waals surface area (Å²) in [5.41, 5.74) is 2.41. The third kappa shape index (κ3) is 4.23. The van der Waals surface area contributed by atoms with E-state index in [1.807, 2.05) is 0 Å². The number of thiocarbonyl (C=S) groups is 1. The van der Waals surface area contributed by atoms with Gasteiger partial charge in [-0.25, -0.2) is 8.78 Å². The molecule has 0 spiro atoms. The zero-order valence-electron chi connectivity index (χ0n) is 11.0. The highest BCUT2D eigenvalue weighted by Gasteiger charge is 2.13. The van der Waals surface area contributed by atoms with Crippen molar-refractivity contribution < 1.29 is 8.78 Å². The van der Waals surface area contributed by atoms with E-state index in [9.17, 15) is 8.78 Å². The number of hydrogen-bond donors (Lipinski definition) is 2. The molecule has 0 aliphatic heterocycles. The summed E-state index contributed by atoms with van der Waals surface area (Å²) in [7, 11) is 0. The van der Waals surface area contributed by atoms with Gasteiger partial charge in [0.15, 0.2) is 5.11 Å². The second-order valence-electron chi connectivity index (χ2n) is 4.81. The molecular weight excluding hydrogens is 280 g/mol. The molecule has 108 valence electrons. The number of rotatable bonds is 3. The molecule has 0 heterocycles. The van der Waals surface area contributed by atoms with Crippen LogP contribution >= 0.6 is 12.2 Å². The van der Waals surface area contributed by atoms with Crippen LogP contribution in [0, 0.1) is 11.6 Å². The molecule has 1 aliphatic rings. The van der Waals surface area contributed by atoms with Gasteiger partial charge in [0.05, 0.1) is 11.8 Å². The van der Waals surface area contributed by atoms with Crippen LogP contribution in [0.15, 0.2) is 23.3 Å². The zero-order chi connectivity index (χ0) is 14.4. The molecule has 2 rings (SSSR count). The molecule has 1 aromatic carbocycles. The van der Waals surface area contributed by atoms with Gasteiger partial charge in [0, 0.05) is 6.04 Å². The second kappa shape index (κ2) is 7.28. The van der Waals surface area contributed by atoms with Gasteiger partial charge in [0.1, 0.15) is 11.6 Å². The van der Waals surface area contributed by atoms with E-state index in [1.165, 1.54) is 37.5 Å². The first-order valence-electron chi connectivity index (χ1n) is 6.70. The fraction of sp³-hybridized carbons (Fsp3) is 0.429. The van der Waals surface area contributed by atoms with Crippen LogP contribution in [-0.2, 0) is 0 Å². The molecule has 0 atom stereocenters. The molecule has 3 nitrogen and oxygen atoms in total. The molecule has 1 aromatic rings. The first-order chi connectivity index (χ1) is 9.66. The van der Waals surface area contributed by atoms with Crippen molar-refractivity contribution >= 4 is 23.5 Å². The summed E-state index contributed by atoms with van der Waals surface area (Å²) < 4.78 is 26.7. The fourth-order valence-electron chi connectivity index (χ4n) is 2.25. The van der Waals surface area contributed by atoms with Crippen LogP contribution in [0.3, 0.4) is 0 Å². The number of benzene rings is 1. The van der Waals surface area contributed by atoms with Crippen LogP contribution in [-0.4, -0.2) is 17.4 Å². The molecule has 0 aromatic heterocycles. The van der Waals surface area contributed by atoms with Gasteiger partial charge in [-0.2, -0.15) is 5.10 Å². The van der Waals surface area contributed by atoms with E-state index in [1.54, 1.807) is 0 Å². The van der Waals surface area contributed by atoms with E-state index < -0.39 is 11.6 Å². The molecule has 0 unspecified atom stereocenters. The molecule has 1 fully saturated rings. The summed E-state index contributed by atoms with van der Waals surface area (Å²) in [6.07, 6.45) is 6.94. The van der Waals surface area contributed by atoms with Crippen LogP contribution < -0.4 is 10.7 Å². The maximum Gasteiger partial charge on any atom is 0.187 e. The molecule has 1 aliphatic carbocycles. The Morgan fingerprint density at radius 2 is 1.85 bits per heavy atom. The molecular formula is C14H17F2N3S. The smallest absolute Gasteiger partial charge is 0.187 e. The van der Waals surface area contributed by atoms with Crippen LogP contribution in [0.25, 0.3) is 0 Å². The predicted octanol–water partition coefficient (Wildman–Crippen LogP) is 3.10. The molecule has 20 heavy (non-hydrogen) atoms. The van der Waals surface area contributed by atoms with Crippen molar-refractivity contribution in [2.45, 2.75) is 38.1 Å². The van der Waals surface area contributed by atoms with Crippen LogP contribution in [0.2, 0.25) is 0 Å². The first kappa shape index (κ1) is 14.8. The van der Waals surface area contributed by atoms with Gasteiger partial charge >= 0.3 is 0 Å². The Morgan fingerprint density at radius 1 is 1.20 bits per heavy atom. The summed E-state index contributed by atoms with van der Waals surface area (Å²) in [5.74, 6) is -1.30. The van der Waals surface area contributed by atoms with Crippen molar-refractivity contribution in [1.82, 2.24) is 10.7 Å². The monoisotopic (exact) mass is 297 g/mol. The van der Waals surface area contributed by atoms with E-state index in [4.69, 9.17) is 12.2 Å². The zero-order valence-corrected chi connectivity index (χ0v) is 11.9. The highest BCUT2D eigenvalue weighted by atomic mass is 32.1. The molecule has 0 bridgehead atoms. The van der Waals surface area contributed by atoms with E-state index in [0.717, 1.165) is 19.1 Å². The van der Waals surface area contributed by atoms with Crippen molar-refractivity contribution in [2.75, 3.05) is 0 Å². The van der Waals surface area contributed by atoms with E-state index in [0.29, 0.717) is 11.2 Å². The molecule has 1 saturated carbocycles. The van der Waals surface area contributed by atoms with E-state index in [-0.39, 0.29) is 5.56 Å². The highest BCUT2D eigenvalue weighted by Crippen LogP contribution is 2.17. The van der Waals surface area contributed by atoms with Crippen LogP contribution in [0.1, 0.15) is 37.7 Å². The number of halogens is 2. The highest BCUT2D eigenvalue weighted by molar-refractivity contribution is 7.80. The largest absolute Gasteiger partial charge is 0.359 e. The topological polar surface area (TPSA) is 36.4 Å². The standard InChI is InChI=1S/C14H17F2N3S/c15-12-7-4-8-13(16)11(12)9-17-19-14(20)18-10-5-2-1-3-6-10/h4,7-10H,1-3,5-6H2,(H2,18,19,20)/b17-9-. The Kier molecular flexibility index (Phi) is 5.40. The van der Waals surface area contributed by atoms with Gasteiger partial charge in [0.25, 0.3) is 0 Å². The normalized spacial score (nSPS) is 16.3. The van der Waals surface area contributed by atoms with Crippen molar-refractivity contribution in [3.63, 3.8) is 0 Å². The lowest BCUT2D eigenvalue weighted by Crippen LogP contribution is -2.40.